The van der Waals surface area contributed by atoms with E-state index in [1.54, 1.807) is 30.3 Å². The average molecular weight is 393 g/mol. The standard InChI is InChI=1S/C18H24N4O4S/c1-18(14-7-8-14)16(23)22(17(24)19-18)13-20-9-11-21(12-10-20)27(25,26)15-5-3-2-4-6-15/h2-6,14H,7-13H2,1H3,(H,19,24)/p+1/t18-/m1/s1. The fraction of sp³-hybridized carbons (Fsp3) is 0.556. The lowest BCUT2D eigenvalue weighted by Gasteiger charge is -2.33. The zero-order valence-corrected chi connectivity index (χ0v) is 16.2. The van der Waals surface area contributed by atoms with Gasteiger partial charge in [-0.25, -0.2) is 18.1 Å². The Bertz CT molecular complexity index is 847. The predicted octanol–water partition coefficient (Wildman–Crippen LogP) is -0.746. The maximum atomic E-state index is 12.7. The van der Waals surface area contributed by atoms with Crippen LogP contribution in [0.5, 0.6) is 0 Å². The Morgan fingerprint density at radius 2 is 1.78 bits per heavy atom. The van der Waals surface area contributed by atoms with Crippen LogP contribution in [0.15, 0.2) is 35.2 Å². The monoisotopic (exact) mass is 393 g/mol. The molecule has 2 N–H and O–H groups in total. The zero-order valence-electron chi connectivity index (χ0n) is 15.3. The number of carbonyl (C=O) groups is 2. The fourth-order valence-electron chi connectivity index (χ4n) is 3.96. The van der Waals surface area contributed by atoms with Crippen molar-refractivity contribution < 1.29 is 22.9 Å². The molecule has 4 rings (SSSR count). The number of hydrogen-bond acceptors (Lipinski definition) is 4. The molecule has 1 aromatic rings. The number of piperazine rings is 1. The topological polar surface area (TPSA) is 91.2 Å². The zero-order chi connectivity index (χ0) is 19.2. The highest BCUT2D eigenvalue weighted by atomic mass is 32.2. The van der Waals surface area contributed by atoms with Crippen molar-refractivity contribution >= 4 is 22.0 Å². The third kappa shape index (κ3) is 3.24. The number of sulfonamides is 1. The van der Waals surface area contributed by atoms with Gasteiger partial charge in [0.25, 0.3) is 5.91 Å². The van der Waals surface area contributed by atoms with Crippen molar-refractivity contribution in [3.05, 3.63) is 30.3 Å². The number of benzene rings is 1. The van der Waals surface area contributed by atoms with E-state index in [1.807, 2.05) is 6.92 Å². The lowest BCUT2D eigenvalue weighted by Crippen LogP contribution is -3.16. The SMILES string of the molecule is C[C@]1(C2CC2)NC(=O)N(C[NH+]2CCN(S(=O)(=O)c3ccccc3)CC2)C1=O. The summed E-state index contributed by atoms with van der Waals surface area (Å²) in [5.74, 6) is 0.0867. The van der Waals surface area contributed by atoms with E-state index in [0.717, 1.165) is 17.7 Å². The largest absolute Gasteiger partial charge is 0.329 e. The Balaban J connectivity index is 1.37. The van der Waals surface area contributed by atoms with Crippen molar-refractivity contribution in [3.8, 4) is 0 Å². The van der Waals surface area contributed by atoms with Crippen LogP contribution in [-0.2, 0) is 14.8 Å². The van der Waals surface area contributed by atoms with Crippen molar-refractivity contribution in [2.24, 2.45) is 5.92 Å². The summed E-state index contributed by atoms with van der Waals surface area (Å²) in [5, 5.41) is 2.85. The molecule has 0 aromatic heterocycles. The van der Waals surface area contributed by atoms with Gasteiger partial charge in [0.15, 0.2) is 6.67 Å². The van der Waals surface area contributed by atoms with E-state index in [4.69, 9.17) is 0 Å². The first-order valence-electron chi connectivity index (χ1n) is 9.35. The van der Waals surface area contributed by atoms with Gasteiger partial charge in [-0.2, -0.15) is 4.31 Å². The molecule has 9 heteroatoms. The van der Waals surface area contributed by atoms with E-state index in [9.17, 15) is 18.0 Å². The molecule has 1 saturated carbocycles. The number of nitrogens with zero attached hydrogens (tertiary/aromatic N) is 2. The van der Waals surface area contributed by atoms with E-state index in [1.165, 1.54) is 9.21 Å². The summed E-state index contributed by atoms with van der Waals surface area (Å²) in [5.41, 5.74) is -0.769. The van der Waals surface area contributed by atoms with E-state index >= 15 is 0 Å². The molecule has 3 amide bonds. The van der Waals surface area contributed by atoms with Crippen LogP contribution in [0.4, 0.5) is 4.79 Å². The fourth-order valence-corrected chi connectivity index (χ4v) is 5.43. The van der Waals surface area contributed by atoms with Gasteiger partial charge in [0.05, 0.1) is 31.1 Å². The molecule has 1 atom stereocenters. The predicted molar refractivity (Wildman–Crippen MR) is 97.3 cm³/mol. The van der Waals surface area contributed by atoms with E-state index in [-0.39, 0.29) is 24.5 Å². The first-order valence-corrected chi connectivity index (χ1v) is 10.8. The maximum Gasteiger partial charge on any atom is 0.329 e. The van der Waals surface area contributed by atoms with Crippen LogP contribution in [0, 0.1) is 5.92 Å². The van der Waals surface area contributed by atoms with Crippen LogP contribution in [0.3, 0.4) is 0 Å². The minimum atomic E-state index is -3.50. The normalized spacial score (nSPS) is 27.8. The minimum Gasteiger partial charge on any atom is -0.323 e. The molecule has 0 spiro atoms. The van der Waals surface area contributed by atoms with Gasteiger partial charge in [-0.3, -0.25) is 4.79 Å². The van der Waals surface area contributed by atoms with Crippen molar-refractivity contribution in [2.45, 2.75) is 30.2 Å². The van der Waals surface area contributed by atoms with Crippen LogP contribution in [-0.4, -0.2) is 67.9 Å². The number of rotatable bonds is 5. The summed E-state index contributed by atoms with van der Waals surface area (Å²) in [6, 6.07) is 8.07. The smallest absolute Gasteiger partial charge is 0.323 e. The molecule has 2 saturated heterocycles. The highest BCUT2D eigenvalue weighted by Crippen LogP contribution is 2.42. The Morgan fingerprint density at radius 1 is 1.15 bits per heavy atom. The van der Waals surface area contributed by atoms with Crippen LogP contribution < -0.4 is 10.2 Å². The van der Waals surface area contributed by atoms with Gasteiger partial charge < -0.3 is 10.2 Å². The Labute approximate surface area is 159 Å². The molecule has 0 radical (unpaired) electrons. The molecule has 0 unspecified atom stereocenters. The summed E-state index contributed by atoms with van der Waals surface area (Å²) in [7, 11) is -3.50. The molecular weight excluding hydrogens is 368 g/mol. The Morgan fingerprint density at radius 3 is 2.37 bits per heavy atom. The number of carbonyl (C=O) groups excluding carboxylic acids is 2. The number of amides is 3. The number of quaternary nitrogens is 1. The molecular formula is C18H25N4O4S+. The van der Waals surface area contributed by atoms with Crippen LogP contribution in [0.25, 0.3) is 0 Å². The second-order valence-electron chi connectivity index (χ2n) is 7.77. The van der Waals surface area contributed by atoms with Crippen molar-refractivity contribution in [1.29, 1.82) is 0 Å². The molecule has 3 aliphatic rings. The summed E-state index contributed by atoms with van der Waals surface area (Å²) < 4.78 is 26.9. The van der Waals surface area contributed by atoms with Crippen molar-refractivity contribution in [1.82, 2.24) is 14.5 Å². The molecule has 0 bridgehead atoms. The molecule has 2 aliphatic heterocycles. The van der Waals surface area contributed by atoms with Crippen LogP contribution in [0.2, 0.25) is 0 Å². The third-order valence-electron chi connectivity index (χ3n) is 5.89. The summed E-state index contributed by atoms with van der Waals surface area (Å²) in [6.45, 7) is 3.95. The van der Waals surface area contributed by atoms with Gasteiger partial charge in [0.2, 0.25) is 10.0 Å². The average Bonchev–Trinajstić information content (AvgIpc) is 3.49. The quantitative estimate of drug-likeness (QED) is 0.645. The molecule has 3 fully saturated rings. The third-order valence-corrected chi connectivity index (χ3v) is 7.80. The Hall–Kier alpha value is -1.97. The van der Waals surface area contributed by atoms with Gasteiger partial charge in [0, 0.05) is 0 Å². The molecule has 2 heterocycles. The van der Waals surface area contributed by atoms with E-state index in [0.29, 0.717) is 31.1 Å². The molecule has 27 heavy (non-hydrogen) atoms. The maximum absolute atomic E-state index is 12.7. The van der Waals surface area contributed by atoms with Gasteiger partial charge in [0.1, 0.15) is 5.54 Å². The van der Waals surface area contributed by atoms with Gasteiger partial charge in [-0.1, -0.05) is 18.2 Å². The second kappa shape index (κ2) is 6.57. The summed E-state index contributed by atoms with van der Waals surface area (Å²) in [6.07, 6.45) is 1.94. The van der Waals surface area contributed by atoms with Gasteiger partial charge in [-0.15, -0.1) is 0 Å². The van der Waals surface area contributed by atoms with Gasteiger partial charge >= 0.3 is 6.03 Å². The Kier molecular flexibility index (Phi) is 4.48. The van der Waals surface area contributed by atoms with Crippen molar-refractivity contribution in [3.63, 3.8) is 0 Å². The van der Waals surface area contributed by atoms with Gasteiger partial charge in [-0.05, 0) is 37.8 Å². The number of imide groups is 1. The van der Waals surface area contributed by atoms with E-state index in [2.05, 4.69) is 5.32 Å². The number of urea groups is 1. The second-order valence-corrected chi connectivity index (χ2v) is 9.70. The first-order chi connectivity index (χ1) is 12.8. The highest BCUT2D eigenvalue weighted by molar-refractivity contribution is 7.89. The first kappa shape index (κ1) is 18.4. The van der Waals surface area contributed by atoms with Crippen molar-refractivity contribution in [2.75, 3.05) is 32.8 Å². The summed E-state index contributed by atoms with van der Waals surface area (Å²) in [4.78, 5) is 27.6. The lowest BCUT2D eigenvalue weighted by molar-refractivity contribution is -0.910. The molecule has 1 aromatic carbocycles. The molecule has 1 aliphatic carbocycles. The summed E-state index contributed by atoms with van der Waals surface area (Å²) >= 11 is 0. The number of hydrogen-bond donors (Lipinski definition) is 2. The van der Waals surface area contributed by atoms with E-state index < -0.39 is 15.6 Å². The lowest BCUT2D eigenvalue weighted by atomic mass is 9.96. The van der Waals surface area contributed by atoms with Crippen LogP contribution >= 0.6 is 0 Å². The number of nitrogens with one attached hydrogen (secondary N) is 2. The minimum absolute atomic E-state index is 0.151. The van der Waals surface area contributed by atoms with Crippen LogP contribution in [0.1, 0.15) is 19.8 Å². The molecule has 146 valence electrons. The molecule has 8 nitrogen and oxygen atoms in total. The highest BCUT2D eigenvalue weighted by Gasteiger charge is 2.56.